The van der Waals surface area contributed by atoms with Crippen molar-refractivity contribution in [1.82, 2.24) is 0 Å². The van der Waals surface area contributed by atoms with Gasteiger partial charge >= 0.3 is 5.84 Å². The van der Waals surface area contributed by atoms with Crippen LogP contribution in [0.25, 0.3) is 0 Å². The van der Waals surface area contributed by atoms with Crippen LogP contribution in [0.1, 0.15) is 20.8 Å². The summed E-state index contributed by atoms with van der Waals surface area (Å²) >= 11 is 0. The average Bonchev–Trinajstić information content (AvgIpc) is 3.05. The first kappa shape index (κ1) is 19.3. The molecule has 7 nitrogen and oxygen atoms in total. The van der Waals surface area contributed by atoms with Crippen LogP contribution in [0.15, 0.2) is 58.6 Å². The number of carbonyl (C=O) groups excluding carboxylic acids is 1. The number of hydrazone groups is 1. The van der Waals surface area contributed by atoms with Crippen LogP contribution in [-0.4, -0.2) is 41.4 Å². The number of anilines is 2. The molecule has 0 unspecified atom stereocenters. The lowest BCUT2D eigenvalue weighted by Gasteiger charge is -2.22. The van der Waals surface area contributed by atoms with Crippen LogP contribution in [0, 0.1) is 0 Å². The number of hydrogen-bond donors (Lipinski definition) is 2. The van der Waals surface area contributed by atoms with Crippen molar-refractivity contribution < 1.29 is 9.48 Å². The monoisotopic (exact) mass is 377 g/mol. The summed E-state index contributed by atoms with van der Waals surface area (Å²) in [7, 11) is 0. The summed E-state index contributed by atoms with van der Waals surface area (Å²) in [4.78, 5) is 18.5. The van der Waals surface area contributed by atoms with Gasteiger partial charge in [0, 0.05) is 25.7 Å². The van der Waals surface area contributed by atoms with E-state index in [1.54, 1.807) is 10.9 Å². The molecule has 0 aromatic heterocycles. The molecule has 0 bridgehead atoms. The lowest BCUT2D eigenvalue weighted by Crippen LogP contribution is -2.27. The van der Waals surface area contributed by atoms with E-state index < -0.39 is 0 Å². The van der Waals surface area contributed by atoms with Gasteiger partial charge in [0.25, 0.3) is 0 Å². The van der Waals surface area contributed by atoms with Crippen LogP contribution in [0.5, 0.6) is 0 Å². The zero-order chi connectivity index (χ0) is 20.1. The standard InChI is InChI=1S/C21H24N6O/c1-4-26(5-2)17-11-12-18(19(13-17)24-15(3)28)25-20-14-23-27(21(20)22)16-9-7-6-8-10-16/h6-14H,4-5H2,1-3H3,(H2,22,23,24,28)/p+1. The number of nitrogens with zero attached hydrogens (tertiary/aromatic N) is 4. The fraction of sp³-hybridized carbons (Fsp3) is 0.238. The Morgan fingerprint density at radius 2 is 1.89 bits per heavy atom. The normalized spacial score (nSPS) is 14.6. The average molecular weight is 377 g/mol. The second-order valence-electron chi connectivity index (χ2n) is 6.33. The molecule has 2 aromatic rings. The summed E-state index contributed by atoms with van der Waals surface area (Å²) in [6, 6.07) is 15.5. The molecule has 0 saturated carbocycles. The third-order valence-corrected chi connectivity index (χ3v) is 4.45. The number of nitrogens with two attached hydrogens (primary N) is 1. The van der Waals surface area contributed by atoms with E-state index in [-0.39, 0.29) is 5.91 Å². The fourth-order valence-electron chi connectivity index (χ4n) is 3.04. The van der Waals surface area contributed by atoms with E-state index in [1.165, 1.54) is 6.92 Å². The quantitative estimate of drug-likeness (QED) is 0.758. The van der Waals surface area contributed by atoms with Gasteiger partial charge in [-0.3, -0.25) is 10.5 Å². The molecule has 0 atom stereocenters. The highest BCUT2D eigenvalue weighted by molar-refractivity contribution is 6.62. The molecule has 0 aliphatic carbocycles. The van der Waals surface area contributed by atoms with Crippen molar-refractivity contribution >= 4 is 46.4 Å². The van der Waals surface area contributed by atoms with Gasteiger partial charge in [0.1, 0.15) is 6.21 Å². The van der Waals surface area contributed by atoms with Gasteiger partial charge < -0.3 is 10.2 Å². The van der Waals surface area contributed by atoms with Crippen LogP contribution in [0.2, 0.25) is 0 Å². The minimum absolute atomic E-state index is 0.152. The molecule has 3 N–H and O–H groups in total. The highest BCUT2D eigenvalue weighted by Gasteiger charge is 2.23. The topological polar surface area (TPSA) is 86.1 Å². The molecular formula is C21H25N6O+. The molecule has 28 heavy (non-hydrogen) atoms. The Kier molecular flexibility index (Phi) is 5.84. The minimum Gasteiger partial charge on any atom is -0.372 e. The van der Waals surface area contributed by atoms with Gasteiger partial charge in [0.15, 0.2) is 11.4 Å². The largest absolute Gasteiger partial charge is 0.372 e. The molecule has 0 spiro atoms. The van der Waals surface area contributed by atoms with Crippen LogP contribution in [0.3, 0.4) is 0 Å². The SMILES string of the molecule is CCN(CC)c1ccc(N=C2C=N[N+](c3ccccc3)=C2N)c(NC(C)=O)c1. The number of para-hydroxylation sites is 1. The van der Waals surface area contributed by atoms with Crippen molar-refractivity contribution in [3.8, 4) is 0 Å². The summed E-state index contributed by atoms with van der Waals surface area (Å²) in [5.41, 5.74) is 9.98. The Morgan fingerprint density at radius 1 is 1.18 bits per heavy atom. The van der Waals surface area contributed by atoms with E-state index in [4.69, 9.17) is 5.73 Å². The van der Waals surface area contributed by atoms with Gasteiger partial charge in [-0.05, 0) is 44.2 Å². The second kappa shape index (κ2) is 8.47. The maximum Gasteiger partial charge on any atom is 0.326 e. The summed E-state index contributed by atoms with van der Waals surface area (Å²) in [6.07, 6.45) is 1.62. The second-order valence-corrected chi connectivity index (χ2v) is 6.33. The first-order chi connectivity index (χ1) is 13.5. The number of amidine groups is 1. The molecule has 1 aliphatic rings. The molecule has 3 rings (SSSR count). The summed E-state index contributed by atoms with van der Waals surface area (Å²) in [5.74, 6) is 0.286. The summed E-state index contributed by atoms with van der Waals surface area (Å²) < 4.78 is 1.64. The number of carbonyl (C=O) groups is 1. The maximum atomic E-state index is 11.7. The van der Waals surface area contributed by atoms with E-state index in [0.717, 1.165) is 24.5 Å². The number of aliphatic imine (C=N–C) groups is 1. The molecule has 0 fully saturated rings. The number of hydrogen-bond acceptors (Lipinski definition) is 5. The van der Waals surface area contributed by atoms with Crippen molar-refractivity contribution in [3.05, 3.63) is 48.5 Å². The van der Waals surface area contributed by atoms with Gasteiger partial charge in [-0.2, -0.15) is 0 Å². The third kappa shape index (κ3) is 4.09. The zero-order valence-electron chi connectivity index (χ0n) is 16.4. The first-order valence-corrected chi connectivity index (χ1v) is 9.30. The zero-order valence-corrected chi connectivity index (χ0v) is 16.4. The van der Waals surface area contributed by atoms with Crippen molar-refractivity contribution in [2.24, 2.45) is 15.8 Å². The molecule has 1 heterocycles. The first-order valence-electron chi connectivity index (χ1n) is 9.30. The molecule has 1 aliphatic heterocycles. The van der Waals surface area contributed by atoms with Crippen LogP contribution >= 0.6 is 0 Å². The molecule has 144 valence electrons. The summed E-state index contributed by atoms with van der Waals surface area (Å²) in [5, 5.41) is 7.22. The van der Waals surface area contributed by atoms with Gasteiger partial charge in [-0.25, -0.2) is 4.99 Å². The molecule has 1 amide bonds. The minimum atomic E-state index is -0.152. The Morgan fingerprint density at radius 3 is 2.54 bits per heavy atom. The smallest absolute Gasteiger partial charge is 0.326 e. The number of benzene rings is 2. The van der Waals surface area contributed by atoms with E-state index in [0.29, 0.717) is 22.9 Å². The van der Waals surface area contributed by atoms with E-state index in [1.807, 2.05) is 48.5 Å². The number of amides is 1. The lowest BCUT2D eigenvalue weighted by molar-refractivity contribution is -0.441. The van der Waals surface area contributed by atoms with Crippen molar-refractivity contribution in [1.29, 1.82) is 0 Å². The highest BCUT2D eigenvalue weighted by atomic mass is 16.1. The van der Waals surface area contributed by atoms with Crippen molar-refractivity contribution in [3.63, 3.8) is 0 Å². The Labute approximate surface area is 164 Å². The third-order valence-electron chi connectivity index (χ3n) is 4.45. The van der Waals surface area contributed by atoms with Gasteiger partial charge in [0.2, 0.25) is 5.91 Å². The molecule has 2 aromatic carbocycles. The van der Waals surface area contributed by atoms with Crippen LogP contribution < -0.4 is 16.0 Å². The van der Waals surface area contributed by atoms with Crippen molar-refractivity contribution in [2.75, 3.05) is 23.3 Å². The highest BCUT2D eigenvalue weighted by Crippen LogP contribution is 2.30. The molecule has 0 radical (unpaired) electrons. The molecular weight excluding hydrogens is 352 g/mol. The lowest BCUT2D eigenvalue weighted by atomic mass is 10.2. The molecule has 7 heteroatoms. The molecule has 0 saturated heterocycles. The Hall–Kier alpha value is -3.48. The number of nitrogens with one attached hydrogen (secondary N) is 1. The Bertz CT molecular complexity index is 958. The van der Waals surface area contributed by atoms with Gasteiger partial charge in [0.05, 0.1) is 11.4 Å². The Balaban J connectivity index is 2.00. The maximum absolute atomic E-state index is 11.7. The van der Waals surface area contributed by atoms with Gasteiger partial charge in [-0.1, -0.05) is 28.0 Å². The predicted octanol–water partition coefficient (Wildman–Crippen LogP) is 3.26. The van der Waals surface area contributed by atoms with E-state index >= 15 is 0 Å². The fourth-order valence-corrected chi connectivity index (χ4v) is 3.04. The van der Waals surface area contributed by atoms with Crippen molar-refractivity contribution in [2.45, 2.75) is 20.8 Å². The van der Waals surface area contributed by atoms with E-state index in [9.17, 15) is 4.79 Å². The predicted molar refractivity (Wildman–Crippen MR) is 115 cm³/mol. The van der Waals surface area contributed by atoms with Gasteiger partial charge in [-0.15, -0.1) is 0 Å². The van der Waals surface area contributed by atoms with E-state index in [2.05, 4.69) is 34.2 Å². The number of rotatable bonds is 6. The van der Waals surface area contributed by atoms with Crippen LogP contribution in [-0.2, 0) is 4.79 Å². The van der Waals surface area contributed by atoms with Crippen LogP contribution in [0.4, 0.5) is 22.7 Å². The summed E-state index contributed by atoms with van der Waals surface area (Å²) in [6.45, 7) is 7.43.